The smallest absolute Gasteiger partial charge is 0.333 e. The first-order valence-corrected chi connectivity index (χ1v) is 8.65. The van der Waals surface area contributed by atoms with Crippen LogP contribution < -0.4 is 4.90 Å². The number of benzene rings is 2. The van der Waals surface area contributed by atoms with E-state index in [0.29, 0.717) is 18.7 Å². The number of azo groups is 1. The summed E-state index contributed by atoms with van der Waals surface area (Å²) in [7, 11) is 0. The Morgan fingerprint density at radius 3 is 2.08 bits per heavy atom. The third kappa shape index (κ3) is 5.84. The number of hydrogen-bond acceptors (Lipinski definition) is 5. The van der Waals surface area contributed by atoms with Crippen LogP contribution in [-0.4, -0.2) is 25.7 Å². The lowest BCUT2D eigenvalue weighted by Gasteiger charge is -2.22. The van der Waals surface area contributed by atoms with E-state index in [9.17, 15) is 4.79 Å². The van der Waals surface area contributed by atoms with Crippen LogP contribution in [0.15, 0.2) is 70.9 Å². The topological polar surface area (TPSA) is 54.3 Å². The maximum absolute atomic E-state index is 11.4. The van der Waals surface area contributed by atoms with Gasteiger partial charge in [0, 0.05) is 17.8 Å². The Morgan fingerprint density at radius 1 is 1.04 bits per heavy atom. The second-order valence-electron chi connectivity index (χ2n) is 6.05. The highest BCUT2D eigenvalue weighted by Gasteiger charge is 2.07. The summed E-state index contributed by atoms with van der Waals surface area (Å²) in [6.07, 6.45) is 0. The lowest BCUT2D eigenvalue weighted by atomic mass is 10.2. The third-order valence-electron chi connectivity index (χ3n) is 3.85. The lowest BCUT2D eigenvalue weighted by molar-refractivity contribution is -0.138. The van der Waals surface area contributed by atoms with Gasteiger partial charge in [-0.2, -0.15) is 10.2 Å². The van der Waals surface area contributed by atoms with Gasteiger partial charge >= 0.3 is 5.97 Å². The van der Waals surface area contributed by atoms with Crippen LogP contribution in [0.2, 0.25) is 0 Å². The molecule has 0 amide bonds. The molecule has 0 atom stereocenters. The fraction of sp³-hybridized carbons (Fsp3) is 0.286. The van der Waals surface area contributed by atoms with Gasteiger partial charge in [0.1, 0.15) is 6.61 Å². The fourth-order valence-corrected chi connectivity index (χ4v) is 2.30. The van der Waals surface area contributed by atoms with E-state index in [4.69, 9.17) is 4.74 Å². The number of esters is 1. The van der Waals surface area contributed by atoms with Crippen molar-refractivity contribution in [2.24, 2.45) is 10.2 Å². The quantitative estimate of drug-likeness (QED) is 0.366. The van der Waals surface area contributed by atoms with Crippen molar-refractivity contribution in [3.63, 3.8) is 0 Å². The van der Waals surface area contributed by atoms with Gasteiger partial charge in [0.2, 0.25) is 0 Å². The number of ether oxygens (including phenoxy) is 1. The molecule has 0 heterocycles. The zero-order valence-corrected chi connectivity index (χ0v) is 15.6. The minimum atomic E-state index is -0.354. The molecule has 2 rings (SSSR count). The average Bonchev–Trinajstić information content (AvgIpc) is 2.65. The second-order valence-corrected chi connectivity index (χ2v) is 6.05. The van der Waals surface area contributed by atoms with Gasteiger partial charge in [0.25, 0.3) is 0 Å². The molecule has 0 fully saturated rings. The van der Waals surface area contributed by atoms with E-state index in [2.05, 4.69) is 28.6 Å². The van der Waals surface area contributed by atoms with Crippen LogP contribution in [0.1, 0.15) is 19.4 Å². The van der Waals surface area contributed by atoms with Crippen LogP contribution in [0.5, 0.6) is 0 Å². The molecule has 0 saturated carbocycles. The number of rotatable bonds is 8. The largest absolute Gasteiger partial charge is 0.460 e. The molecule has 0 unspecified atom stereocenters. The first-order chi connectivity index (χ1) is 12.5. The predicted molar refractivity (Wildman–Crippen MR) is 105 cm³/mol. The predicted octanol–water partition coefficient (Wildman–Crippen LogP) is 5.36. The zero-order chi connectivity index (χ0) is 18.9. The second kappa shape index (κ2) is 9.51. The summed E-state index contributed by atoms with van der Waals surface area (Å²) in [6.45, 7) is 11.1. The van der Waals surface area contributed by atoms with Crippen molar-refractivity contribution in [1.29, 1.82) is 0 Å². The summed E-state index contributed by atoms with van der Waals surface area (Å²) in [6, 6.07) is 15.7. The highest BCUT2D eigenvalue weighted by molar-refractivity contribution is 5.86. The highest BCUT2D eigenvalue weighted by atomic mass is 16.5. The molecule has 0 aliphatic rings. The number of aryl methyl sites for hydroxylation is 1. The number of likely N-dealkylation sites (N-methyl/N-ethyl adjacent to an activating group) is 1. The first kappa shape index (κ1) is 19.4. The average molecular weight is 351 g/mol. The Bertz CT molecular complexity index is 765. The fourth-order valence-electron chi connectivity index (χ4n) is 2.30. The van der Waals surface area contributed by atoms with Crippen LogP contribution in [0, 0.1) is 6.92 Å². The Kier molecular flexibility index (Phi) is 7.09. The van der Waals surface area contributed by atoms with E-state index in [1.54, 1.807) is 6.92 Å². The number of hydrogen-bond donors (Lipinski definition) is 0. The van der Waals surface area contributed by atoms with Gasteiger partial charge in [-0.05, 0) is 57.2 Å². The molecule has 0 bridgehead atoms. The number of nitrogens with zero attached hydrogens (tertiary/aromatic N) is 3. The Hall–Kier alpha value is -2.95. The van der Waals surface area contributed by atoms with Gasteiger partial charge in [-0.15, -0.1) is 0 Å². The molecule has 0 spiro atoms. The van der Waals surface area contributed by atoms with Crippen LogP contribution in [0.4, 0.5) is 17.1 Å². The van der Waals surface area contributed by atoms with Crippen molar-refractivity contribution in [1.82, 2.24) is 0 Å². The molecule has 5 nitrogen and oxygen atoms in total. The van der Waals surface area contributed by atoms with Crippen molar-refractivity contribution in [3.8, 4) is 0 Å². The highest BCUT2D eigenvalue weighted by Crippen LogP contribution is 2.22. The molecule has 0 N–H and O–H groups in total. The van der Waals surface area contributed by atoms with Gasteiger partial charge in [0.15, 0.2) is 0 Å². The normalized spacial score (nSPS) is 10.7. The molecule has 26 heavy (non-hydrogen) atoms. The van der Waals surface area contributed by atoms with Crippen LogP contribution >= 0.6 is 0 Å². The molecule has 0 aromatic heterocycles. The maximum Gasteiger partial charge on any atom is 0.333 e. The van der Waals surface area contributed by atoms with E-state index in [1.165, 1.54) is 5.56 Å². The van der Waals surface area contributed by atoms with Gasteiger partial charge < -0.3 is 9.64 Å². The standard InChI is InChI=1S/C21H25N3O2/c1-5-24(14-15-26-21(25)16(2)3)20-12-10-19(11-13-20)23-22-18-8-6-17(4)7-9-18/h6-13H,2,5,14-15H2,1,3-4H3/b23-22+. The minimum absolute atomic E-state index is 0.328. The van der Waals surface area contributed by atoms with Gasteiger partial charge in [-0.25, -0.2) is 4.79 Å². The number of carbonyl (C=O) groups is 1. The van der Waals surface area contributed by atoms with Crippen molar-refractivity contribution < 1.29 is 9.53 Å². The summed E-state index contributed by atoms with van der Waals surface area (Å²) >= 11 is 0. The van der Waals surface area contributed by atoms with Crippen molar-refractivity contribution in [2.45, 2.75) is 20.8 Å². The summed E-state index contributed by atoms with van der Waals surface area (Å²) in [5.74, 6) is -0.354. The molecule has 2 aromatic rings. The third-order valence-corrected chi connectivity index (χ3v) is 3.85. The Morgan fingerprint density at radius 2 is 1.58 bits per heavy atom. The maximum atomic E-state index is 11.4. The minimum Gasteiger partial charge on any atom is -0.460 e. The summed E-state index contributed by atoms with van der Waals surface area (Å²) < 4.78 is 5.16. The van der Waals surface area contributed by atoms with E-state index >= 15 is 0 Å². The van der Waals surface area contributed by atoms with Crippen molar-refractivity contribution in [2.75, 3.05) is 24.6 Å². The zero-order valence-electron chi connectivity index (χ0n) is 15.6. The van der Waals surface area contributed by atoms with Crippen molar-refractivity contribution in [3.05, 3.63) is 66.2 Å². The SMILES string of the molecule is C=C(C)C(=O)OCCN(CC)c1ccc(/N=N/c2ccc(C)cc2)cc1. The number of carbonyl (C=O) groups excluding carboxylic acids is 1. The number of anilines is 1. The molecular weight excluding hydrogens is 326 g/mol. The van der Waals surface area contributed by atoms with E-state index in [-0.39, 0.29) is 5.97 Å². The molecule has 0 saturated heterocycles. The molecule has 5 heteroatoms. The first-order valence-electron chi connectivity index (χ1n) is 8.65. The van der Waals surface area contributed by atoms with Gasteiger partial charge in [-0.1, -0.05) is 24.3 Å². The molecule has 2 aromatic carbocycles. The summed E-state index contributed by atoms with van der Waals surface area (Å²) in [5.41, 5.74) is 4.28. The van der Waals surface area contributed by atoms with Crippen molar-refractivity contribution >= 4 is 23.0 Å². The van der Waals surface area contributed by atoms with E-state index in [1.807, 2.05) is 55.5 Å². The molecule has 0 aliphatic carbocycles. The molecular formula is C21H25N3O2. The van der Waals surface area contributed by atoms with Gasteiger partial charge in [-0.3, -0.25) is 0 Å². The van der Waals surface area contributed by atoms with Gasteiger partial charge in [0.05, 0.1) is 17.9 Å². The summed E-state index contributed by atoms with van der Waals surface area (Å²) in [5, 5.41) is 8.51. The summed E-state index contributed by atoms with van der Waals surface area (Å²) in [4.78, 5) is 13.6. The lowest BCUT2D eigenvalue weighted by Crippen LogP contribution is -2.28. The molecule has 136 valence electrons. The Balaban J connectivity index is 1.94. The van der Waals surface area contributed by atoms with Crippen LogP contribution in [-0.2, 0) is 9.53 Å². The van der Waals surface area contributed by atoms with E-state index < -0.39 is 0 Å². The molecule has 0 aliphatic heterocycles. The monoisotopic (exact) mass is 351 g/mol. The van der Waals surface area contributed by atoms with E-state index in [0.717, 1.165) is 23.6 Å². The molecule has 0 radical (unpaired) electrons. The Labute approximate surface area is 155 Å². The van der Waals surface area contributed by atoms with Crippen LogP contribution in [0.3, 0.4) is 0 Å². The van der Waals surface area contributed by atoms with Crippen LogP contribution in [0.25, 0.3) is 0 Å².